The highest BCUT2D eigenvalue weighted by Crippen LogP contribution is 2.24. The van der Waals surface area contributed by atoms with E-state index in [0.29, 0.717) is 11.3 Å². The second-order valence-corrected chi connectivity index (χ2v) is 6.39. The van der Waals surface area contributed by atoms with E-state index < -0.39 is 11.9 Å². The van der Waals surface area contributed by atoms with Crippen LogP contribution in [0.1, 0.15) is 35.3 Å². The van der Waals surface area contributed by atoms with Gasteiger partial charge in [-0.2, -0.15) is 0 Å². The summed E-state index contributed by atoms with van der Waals surface area (Å²) in [5.41, 5.74) is 3.69. The molecule has 0 fully saturated rings. The van der Waals surface area contributed by atoms with Crippen LogP contribution >= 0.6 is 0 Å². The predicted octanol–water partition coefficient (Wildman–Crippen LogP) is 3.71. The number of benzene rings is 2. The fraction of sp³-hybridized carbons (Fsp3) is 0.261. The van der Waals surface area contributed by atoms with Crippen LogP contribution in [0.4, 0.5) is 11.4 Å². The smallest absolute Gasteiger partial charge is 0.354 e. The number of anilines is 2. The average molecular weight is 410 g/mol. The summed E-state index contributed by atoms with van der Waals surface area (Å²) >= 11 is 0. The topological polar surface area (TPSA) is 93.7 Å². The molecule has 7 heteroatoms. The third kappa shape index (κ3) is 5.70. The number of nitrogens with one attached hydrogen (secondary N) is 2. The maximum Gasteiger partial charge on any atom is 0.354 e. The molecule has 0 heterocycles. The molecule has 0 unspecified atom stereocenters. The molecule has 0 atom stereocenters. The van der Waals surface area contributed by atoms with E-state index in [1.54, 1.807) is 24.3 Å². The summed E-state index contributed by atoms with van der Waals surface area (Å²) in [6, 6.07) is 12.6. The van der Waals surface area contributed by atoms with Crippen molar-refractivity contribution in [3.63, 3.8) is 0 Å². The second kappa shape index (κ2) is 10.8. The SMILES string of the molecule is CCc1cccc(CC)c1NC(=O)c1cccc(N/C(=C/C(=O)OC)C(=O)OC)c1. The molecular weight excluding hydrogens is 384 g/mol. The predicted molar refractivity (Wildman–Crippen MR) is 115 cm³/mol. The first-order valence-electron chi connectivity index (χ1n) is 9.60. The molecule has 0 spiro atoms. The summed E-state index contributed by atoms with van der Waals surface area (Å²) < 4.78 is 9.24. The lowest BCUT2D eigenvalue weighted by atomic mass is 10.0. The normalized spacial score (nSPS) is 10.9. The van der Waals surface area contributed by atoms with E-state index in [9.17, 15) is 14.4 Å². The van der Waals surface area contributed by atoms with Gasteiger partial charge in [0, 0.05) is 16.9 Å². The van der Waals surface area contributed by atoms with Crippen LogP contribution in [0.3, 0.4) is 0 Å². The zero-order chi connectivity index (χ0) is 22.1. The molecule has 0 radical (unpaired) electrons. The van der Waals surface area contributed by atoms with Crippen LogP contribution in [0, 0.1) is 0 Å². The summed E-state index contributed by atoms with van der Waals surface area (Å²) in [6.45, 7) is 4.08. The van der Waals surface area contributed by atoms with E-state index in [1.807, 2.05) is 32.0 Å². The van der Waals surface area contributed by atoms with Gasteiger partial charge in [-0.3, -0.25) is 4.79 Å². The Bertz CT molecular complexity index is 944. The van der Waals surface area contributed by atoms with Crippen molar-refractivity contribution < 1.29 is 23.9 Å². The summed E-state index contributed by atoms with van der Waals surface area (Å²) in [6.07, 6.45) is 2.58. The first kappa shape index (κ1) is 22.7. The fourth-order valence-corrected chi connectivity index (χ4v) is 2.92. The van der Waals surface area contributed by atoms with Crippen molar-refractivity contribution in [2.75, 3.05) is 24.9 Å². The van der Waals surface area contributed by atoms with Gasteiger partial charge in [0.1, 0.15) is 5.70 Å². The number of amides is 1. The Kier molecular flexibility index (Phi) is 8.17. The van der Waals surface area contributed by atoms with Gasteiger partial charge in [0.05, 0.1) is 20.3 Å². The molecule has 0 aromatic heterocycles. The van der Waals surface area contributed by atoms with Crippen molar-refractivity contribution >= 4 is 29.2 Å². The van der Waals surface area contributed by atoms with Crippen molar-refractivity contribution in [3.8, 4) is 0 Å². The van der Waals surface area contributed by atoms with Crippen molar-refractivity contribution in [2.45, 2.75) is 26.7 Å². The van der Waals surface area contributed by atoms with Crippen molar-refractivity contribution in [3.05, 3.63) is 70.9 Å². The molecule has 0 aliphatic heterocycles. The minimum atomic E-state index is -0.736. The van der Waals surface area contributed by atoms with Gasteiger partial charge in [0.2, 0.25) is 0 Å². The van der Waals surface area contributed by atoms with Gasteiger partial charge in [-0.05, 0) is 42.2 Å². The highest BCUT2D eigenvalue weighted by molar-refractivity contribution is 6.06. The lowest BCUT2D eigenvalue weighted by Gasteiger charge is -2.15. The summed E-state index contributed by atoms with van der Waals surface area (Å²) in [5, 5.41) is 5.81. The molecule has 0 aliphatic carbocycles. The van der Waals surface area contributed by atoms with Crippen LogP contribution in [-0.2, 0) is 31.9 Å². The van der Waals surface area contributed by atoms with Gasteiger partial charge < -0.3 is 20.1 Å². The van der Waals surface area contributed by atoms with Crippen molar-refractivity contribution in [1.82, 2.24) is 0 Å². The molecule has 2 aromatic rings. The van der Waals surface area contributed by atoms with Gasteiger partial charge in [-0.25, -0.2) is 9.59 Å². The zero-order valence-corrected chi connectivity index (χ0v) is 17.6. The van der Waals surface area contributed by atoms with E-state index in [4.69, 9.17) is 0 Å². The Balaban J connectivity index is 2.29. The number of ether oxygens (including phenoxy) is 2. The van der Waals surface area contributed by atoms with Gasteiger partial charge >= 0.3 is 11.9 Å². The number of carbonyl (C=O) groups is 3. The maximum absolute atomic E-state index is 12.9. The molecule has 0 saturated carbocycles. The summed E-state index contributed by atoms with van der Waals surface area (Å²) in [7, 11) is 2.41. The van der Waals surface area contributed by atoms with Crippen molar-refractivity contribution in [2.24, 2.45) is 0 Å². The molecular formula is C23H26N2O5. The Morgan fingerprint density at radius 1 is 0.900 bits per heavy atom. The minimum absolute atomic E-state index is 0.105. The molecule has 30 heavy (non-hydrogen) atoms. The zero-order valence-electron chi connectivity index (χ0n) is 17.6. The lowest BCUT2D eigenvalue weighted by Crippen LogP contribution is -2.17. The standard InChI is InChI=1S/C23H26N2O5/c1-5-15-9-7-10-16(6-2)21(15)25-22(27)17-11-8-12-18(13-17)24-19(23(28)30-4)14-20(26)29-3/h7-14,24H,5-6H2,1-4H3,(H,25,27)/b19-14+. The summed E-state index contributed by atoms with van der Waals surface area (Å²) in [5.74, 6) is -1.72. The van der Waals surface area contributed by atoms with Crippen molar-refractivity contribution in [1.29, 1.82) is 0 Å². The molecule has 158 valence electrons. The number of hydrogen-bond donors (Lipinski definition) is 2. The number of para-hydroxylation sites is 1. The minimum Gasteiger partial charge on any atom is -0.466 e. The van der Waals surface area contributed by atoms with Crippen LogP contribution in [0.2, 0.25) is 0 Å². The third-order valence-corrected chi connectivity index (χ3v) is 4.51. The van der Waals surface area contributed by atoms with Gasteiger partial charge in [-0.15, -0.1) is 0 Å². The van der Waals surface area contributed by atoms with Gasteiger partial charge in [0.25, 0.3) is 5.91 Å². The number of aryl methyl sites for hydroxylation is 2. The van der Waals surface area contributed by atoms with Gasteiger partial charge in [0.15, 0.2) is 0 Å². The lowest BCUT2D eigenvalue weighted by molar-refractivity contribution is -0.138. The van der Waals surface area contributed by atoms with E-state index in [-0.39, 0.29) is 11.6 Å². The number of carbonyl (C=O) groups excluding carboxylic acids is 3. The van der Waals surface area contributed by atoms with E-state index in [2.05, 4.69) is 20.1 Å². The number of methoxy groups -OCH3 is 2. The van der Waals surface area contributed by atoms with Crippen LogP contribution < -0.4 is 10.6 Å². The highest BCUT2D eigenvalue weighted by Gasteiger charge is 2.15. The Hall–Kier alpha value is -3.61. The van der Waals surface area contributed by atoms with Crippen LogP contribution in [0.5, 0.6) is 0 Å². The van der Waals surface area contributed by atoms with Crippen LogP contribution in [0.25, 0.3) is 0 Å². The third-order valence-electron chi connectivity index (χ3n) is 4.51. The molecule has 2 aromatic carbocycles. The van der Waals surface area contributed by atoms with E-state index >= 15 is 0 Å². The average Bonchev–Trinajstić information content (AvgIpc) is 2.78. The van der Waals surface area contributed by atoms with E-state index in [0.717, 1.165) is 35.7 Å². The Morgan fingerprint density at radius 2 is 1.53 bits per heavy atom. The first-order chi connectivity index (χ1) is 14.4. The second-order valence-electron chi connectivity index (χ2n) is 6.39. The number of esters is 2. The molecule has 0 saturated heterocycles. The number of rotatable bonds is 8. The first-order valence-corrected chi connectivity index (χ1v) is 9.60. The fourth-order valence-electron chi connectivity index (χ4n) is 2.92. The molecule has 7 nitrogen and oxygen atoms in total. The molecule has 0 bridgehead atoms. The maximum atomic E-state index is 12.9. The number of hydrogen-bond acceptors (Lipinski definition) is 6. The highest BCUT2D eigenvalue weighted by atomic mass is 16.5. The molecule has 2 rings (SSSR count). The van der Waals surface area contributed by atoms with Gasteiger partial charge in [-0.1, -0.05) is 38.1 Å². The van der Waals surface area contributed by atoms with Crippen LogP contribution in [-0.4, -0.2) is 32.1 Å². The largest absolute Gasteiger partial charge is 0.466 e. The Labute approximate surface area is 176 Å². The molecule has 0 aliphatic rings. The monoisotopic (exact) mass is 410 g/mol. The summed E-state index contributed by atoms with van der Waals surface area (Å²) in [4.78, 5) is 36.3. The van der Waals surface area contributed by atoms with Crippen LogP contribution in [0.15, 0.2) is 54.2 Å². The Morgan fingerprint density at radius 3 is 2.10 bits per heavy atom. The van der Waals surface area contributed by atoms with E-state index in [1.165, 1.54) is 14.2 Å². The molecule has 2 N–H and O–H groups in total. The quantitative estimate of drug-likeness (QED) is 0.509. The molecule has 1 amide bonds.